The van der Waals surface area contributed by atoms with E-state index >= 15 is 0 Å². The fourth-order valence-electron chi connectivity index (χ4n) is 3.22. The molecule has 3 aromatic carbocycles. The second-order valence-electron chi connectivity index (χ2n) is 7.00. The molecule has 3 aromatic rings. The molecule has 0 amide bonds. The Bertz CT molecular complexity index is 952. The Kier molecular flexibility index (Phi) is 6.68. The number of aryl methyl sites for hydroxylation is 1. The Hall–Kier alpha value is -2.69. The zero-order valence-electron chi connectivity index (χ0n) is 16.7. The lowest BCUT2D eigenvalue weighted by molar-refractivity contribution is -0.186. The van der Waals surface area contributed by atoms with Crippen LogP contribution in [0.4, 0.5) is 13.2 Å². The molecule has 0 aliphatic heterocycles. The van der Waals surface area contributed by atoms with E-state index in [1.165, 1.54) is 36.4 Å². The predicted octanol–water partition coefficient (Wildman–Crippen LogP) is 7.24. The molecule has 0 heterocycles. The van der Waals surface area contributed by atoms with Gasteiger partial charge in [0.25, 0.3) is 0 Å². The second-order valence-corrected chi connectivity index (χ2v) is 7.00. The van der Waals surface area contributed by atoms with Crippen LogP contribution < -0.4 is 9.47 Å². The van der Waals surface area contributed by atoms with Crippen molar-refractivity contribution in [2.45, 2.75) is 45.6 Å². The quantitative estimate of drug-likeness (QED) is 0.351. The van der Waals surface area contributed by atoms with Crippen LogP contribution in [0.15, 0.2) is 54.6 Å². The highest BCUT2D eigenvalue weighted by Crippen LogP contribution is 2.35. The Morgan fingerprint density at radius 3 is 2.31 bits per heavy atom. The van der Waals surface area contributed by atoms with Crippen LogP contribution in [-0.2, 0) is 12.5 Å². The van der Waals surface area contributed by atoms with Crippen molar-refractivity contribution in [3.8, 4) is 11.5 Å². The highest BCUT2D eigenvalue weighted by molar-refractivity contribution is 5.84. The maximum atomic E-state index is 14.5. The molecule has 0 unspecified atom stereocenters. The van der Waals surface area contributed by atoms with E-state index in [9.17, 15) is 13.2 Å². The number of rotatable bonds is 9. The monoisotopic (exact) mass is 402 g/mol. The number of halogens is 3. The topological polar surface area (TPSA) is 18.5 Å². The van der Waals surface area contributed by atoms with Crippen molar-refractivity contribution in [3.63, 3.8) is 0 Å². The number of hydrogen-bond acceptors (Lipinski definition) is 2. The SMILES string of the molecule is CCCCCc1ccc2cc(OC(F)(F)c3ccc(OCC)cc3)c(F)cc2c1. The van der Waals surface area contributed by atoms with Gasteiger partial charge in [0.1, 0.15) is 5.75 Å². The summed E-state index contributed by atoms with van der Waals surface area (Å²) in [5, 5.41) is 1.33. The van der Waals surface area contributed by atoms with Gasteiger partial charge in [-0.1, -0.05) is 38.0 Å². The largest absolute Gasteiger partial charge is 0.494 e. The van der Waals surface area contributed by atoms with Crippen molar-refractivity contribution in [1.29, 1.82) is 0 Å². The Balaban J connectivity index is 1.81. The molecule has 0 N–H and O–H groups in total. The summed E-state index contributed by atoms with van der Waals surface area (Å²) in [6, 6.07) is 13.6. The van der Waals surface area contributed by atoms with Crippen LogP contribution in [0.1, 0.15) is 44.2 Å². The van der Waals surface area contributed by atoms with Crippen LogP contribution in [-0.4, -0.2) is 6.61 Å². The average Bonchev–Trinajstić information content (AvgIpc) is 2.69. The molecule has 0 bridgehead atoms. The van der Waals surface area contributed by atoms with Gasteiger partial charge in [0.15, 0.2) is 11.6 Å². The summed E-state index contributed by atoms with van der Waals surface area (Å²) < 4.78 is 53.6. The predicted molar refractivity (Wildman–Crippen MR) is 109 cm³/mol. The molecule has 0 fully saturated rings. The number of ether oxygens (including phenoxy) is 2. The van der Waals surface area contributed by atoms with Gasteiger partial charge in [-0.2, -0.15) is 8.78 Å². The van der Waals surface area contributed by atoms with Crippen molar-refractivity contribution in [2.75, 3.05) is 6.61 Å². The summed E-state index contributed by atoms with van der Waals surface area (Å²) in [6.07, 6.45) is 0.587. The smallest absolute Gasteiger partial charge is 0.426 e. The number of alkyl halides is 2. The van der Waals surface area contributed by atoms with E-state index in [4.69, 9.17) is 9.47 Å². The summed E-state index contributed by atoms with van der Waals surface area (Å²) in [6.45, 7) is 4.39. The van der Waals surface area contributed by atoms with Crippen LogP contribution in [0.25, 0.3) is 10.8 Å². The molecule has 0 aliphatic rings. The molecule has 0 saturated heterocycles. The molecule has 29 heavy (non-hydrogen) atoms. The van der Waals surface area contributed by atoms with Crippen molar-refractivity contribution < 1.29 is 22.6 Å². The summed E-state index contributed by atoms with van der Waals surface area (Å²) in [5.74, 6) is -0.803. The Labute approximate surface area is 169 Å². The Morgan fingerprint density at radius 1 is 0.862 bits per heavy atom. The molecular weight excluding hydrogens is 377 g/mol. The van der Waals surface area contributed by atoms with Crippen molar-refractivity contribution in [1.82, 2.24) is 0 Å². The van der Waals surface area contributed by atoms with E-state index < -0.39 is 17.7 Å². The highest BCUT2D eigenvalue weighted by Gasteiger charge is 2.35. The lowest BCUT2D eigenvalue weighted by Crippen LogP contribution is -2.22. The summed E-state index contributed by atoms with van der Waals surface area (Å²) in [7, 11) is 0. The van der Waals surface area contributed by atoms with Crippen LogP contribution in [0.2, 0.25) is 0 Å². The van der Waals surface area contributed by atoms with Gasteiger partial charge < -0.3 is 9.47 Å². The first kappa shape index (κ1) is 21.0. The molecule has 3 rings (SSSR count). The fourth-order valence-corrected chi connectivity index (χ4v) is 3.22. The molecule has 2 nitrogen and oxygen atoms in total. The van der Waals surface area contributed by atoms with Gasteiger partial charge in [-0.25, -0.2) is 4.39 Å². The minimum atomic E-state index is -3.67. The van der Waals surface area contributed by atoms with Crippen molar-refractivity contribution >= 4 is 10.8 Å². The van der Waals surface area contributed by atoms with Crippen molar-refractivity contribution in [3.05, 3.63) is 71.5 Å². The van der Waals surface area contributed by atoms with Crippen LogP contribution in [0.5, 0.6) is 11.5 Å². The second kappa shape index (κ2) is 9.21. The van der Waals surface area contributed by atoms with E-state index in [2.05, 4.69) is 6.92 Å². The summed E-state index contributed by atoms with van der Waals surface area (Å²) in [4.78, 5) is 0. The van der Waals surface area contributed by atoms with Gasteiger partial charge in [0.05, 0.1) is 12.2 Å². The van der Waals surface area contributed by atoms with Gasteiger partial charge in [0.2, 0.25) is 0 Å². The summed E-state index contributed by atoms with van der Waals surface area (Å²) in [5.41, 5.74) is 0.741. The molecule has 0 saturated carbocycles. The van der Waals surface area contributed by atoms with E-state index in [0.29, 0.717) is 23.1 Å². The lowest BCUT2D eigenvalue weighted by Gasteiger charge is -2.19. The number of hydrogen-bond donors (Lipinski definition) is 0. The van der Waals surface area contributed by atoms with Crippen LogP contribution >= 0.6 is 0 Å². The fraction of sp³-hybridized carbons (Fsp3) is 0.333. The first-order valence-electron chi connectivity index (χ1n) is 9.95. The highest BCUT2D eigenvalue weighted by atomic mass is 19.3. The molecule has 0 radical (unpaired) electrons. The van der Waals surface area contributed by atoms with Crippen molar-refractivity contribution in [2.24, 2.45) is 0 Å². The number of benzene rings is 3. The van der Waals surface area contributed by atoms with Crippen LogP contribution in [0, 0.1) is 5.82 Å². The maximum absolute atomic E-state index is 14.5. The first-order chi connectivity index (χ1) is 13.9. The number of fused-ring (bicyclic) bond motifs is 1. The summed E-state index contributed by atoms with van der Waals surface area (Å²) >= 11 is 0. The minimum Gasteiger partial charge on any atom is -0.494 e. The number of unbranched alkanes of at least 4 members (excludes halogenated alkanes) is 2. The zero-order valence-corrected chi connectivity index (χ0v) is 16.7. The third-order valence-electron chi connectivity index (χ3n) is 4.76. The zero-order chi connectivity index (χ0) is 20.9. The van der Waals surface area contributed by atoms with Gasteiger partial charge in [-0.15, -0.1) is 0 Å². The minimum absolute atomic E-state index is 0.369. The molecule has 0 spiro atoms. The molecule has 0 aliphatic carbocycles. The van der Waals surface area contributed by atoms with Gasteiger partial charge in [-0.05, 0) is 72.5 Å². The van der Waals surface area contributed by atoms with E-state index in [1.54, 1.807) is 0 Å². The average molecular weight is 402 g/mol. The molecule has 5 heteroatoms. The van der Waals surface area contributed by atoms with Crippen LogP contribution in [0.3, 0.4) is 0 Å². The molecule has 0 atom stereocenters. The molecular formula is C24H25F3O2. The van der Waals surface area contributed by atoms with Gasteiger partial charge >= 0.3 is 6.11 Å². The third kappa shape index (κ3) is 5.22. The van der Waals surface area contributed by atoms with Gasteiger partial charge in [0, 0.05) is 0 Å². The first-order valence-corrected chi connectivity index (χ1v) is 9.95. The van der Waals surface area contributed by atoms with Gasteiger partial charge in [-0.3, -0.25) is 0 Å². The van der Waals surface area contributed by atoms with E-state index in [1.807, 2.05) is 25.1 Å². The third-order valence-corrected chi connectivity index (χ3v) is 4.76. The maximum Gasteiger partial charge on any atom is 0.426 e. The normalized spacial score (nSPS) is 11.6. The lowest BCUT2D eigenvalue weighted by atomic mass is 10.0. The Morgan fingerprint density at radius 2 is 1.62 bits per heavy atom. The molecule has 0 aromatic heterocycles. The standard InChI is InChI=1S/C24H25F3O2/c1-3-5-6-7-17-8-9-18-16-23(22(25)15-19(18)14-17)29-24(26,27)20-10-12-21(13-11-20)28-4-2/h8-16H,3-7H2,1-2H3. The molecule has 154 valence electrons. The van der Waals surface area contributed by atoms with E-state index in [0.717, 1.165) is 31.2 Å². The van der Waals surface area contributed by atoms with E-state index in [-0.39, 0.29) is 5.56 Å².